The third-order valence-corrected chi connectivity index (χ3v) is 6.94. The first kappa shape index (κ1) is 24.3. The Kier molecular flexibility index (Phi) is 5.59. The maximum absolute atomic E-state index is 12.7. The van der Waals surface area contributed by atoms with Crippen LogP contribution in [0.1, 0.15) is 45.7 Å². The molecule has 13 heteroatoms. The highest BCUT2D eigenvalue weighted by molar-refractivity contribution is 5.76. The lowest BCUT2D eigenvalue weighted by atomic mass is 9.90. The maximum Gasteiger partial charge on any atom is 0.508 e. The molecule has 3 fully saturated rings. The van der Waals surface area contributed by atoms with Gasteiger partial charge in [0, 0.05) is 20.0 Å². The van der Waals surface area contributed by atoms with E-state index in [1.165, 1.54) is 18.0 Å². The van der Waals surface area contributed by atoms with Crippen LogP contribution in [0.4, 0.5) is 10.6 Å². The van der Waals surface area contributed by atoms with E-state index in [2.05, 4.69) is 10.1 Å². The number of hydrogen-bond acceptors (Lipinski definition) is 12. The second-order valence-corrected chi connectivity index (χ2v) is 9.90. The highest BCUT2D eigenvalue weighted by atomic mass is 16.8. The molecule has 2 N–H and O–H groups in total. The molecule has 194 valence electrons. The zero-order valence-corrected chi connectivity index (χ0v) is 20.4. The van der Waals surface area contributed by atoms with Gasteiger partial charge >= 0.3 is 18.1 Å². The third-order valence-electron chi connectivity index (χ3n) is 6.94. The van der Waals surface area contributed by atoms with Crippen LogP contribution in [0.3, 0.4) is 0 Å². The van der Waals surface area contributed by atoms with Crippen molar-refractivity contribution in [2.75, 3.05) is 19.5 Å². The van der Waals surface area contributed by atoms with Gasteiger partial charge in [-0.2, -0.15) is 5.10 Å². The summed E-state index contributed by atoms with van der Waals surface area (Å²) in [6.07, 6.45) is -2.51. The number of aromatic nitrogens is 3. The van der Waals surface area contributed by atoms with Crippen molar-refractivity contribution in [2.45, 2.75) is 75.1 Å². The molecule has 3 aliphatic rings. The first-order chi connectivity index (χ1) is 17.0. The van der Waals surface area contributed by atoms with Gasteiger partial charge in [-0.05, 0) is 39.3 Å². The van der Waals surface area contributed by atoms with Crippen molar-refractivity contribution < 1.29 is 42.8 Å². The second kappa shape index (κ2) is 8.30. The van der Waals surface area contributed by atoms with Crippen molar-refractivity contribution in [3.05, 3.63) is 24.2 Å². The molecule has 2 aliphatic heterocycles. The number of methoxy groups -OCH3 is 1. The molecule has 2 saturated heterocycles. The summed E-state index contributed by atoms with van der Waals surface area (Å²) in [6.45, 7) is 5.11. The summed E-state index contributed by atoms with van der Waals surface area (Å²) in [5, 5.41) is 4.26. The van der Waals surface area contributed by atoms with Gasteiger partial charge in [0.2, 0.25) is 5.60 Å². The van der Waals surface area contributed by atoms with Crippen LogP contribution in [-0.2, 0) is 43.6 Å². The third kappa shape index (κ3) is 3.73. The number of nitrogens with zero attached hydrogens (tertiary/aromatic N) is 3. The van der Waals surface area contributed by atoms with E-state index in [0.29, 0.717) is 11.2 Å². The lowest BCUT2D eigenvalue weighted by molar-refractivity contribution is -0.188. The summed E-state index contributed by atoms with van der Waals surface area (Å²) >= 11 is 0. The summed E-state index contributed by atoms with van der Waals surface area (Å²) < 4.78 is 35.5. The van der Waals surface area contributed by atoms with Gasteiger partial charge in [-0.1, -0.05) is 0 Å². The number of nitrogens with two attached hydrogens (primary N) is 1. The van der Waals surface area contributed by atoms with Gasteiger partial charge < -0.3 is 34.2 Å². The zero-order chi connectivity index (χ0) is 25.9. The minimum Gasteiger partial charge on any atom is -0.454 e. The van der Waals surface area contributed by atoms with Crippen molar-refractivity contribution in [1.29, 1.82) is 0 Å². The molecule has 0 aromatic carbocycles. The monoisotopic (exact) mass is 504 g/mol. The summed E-state index contributed by atoms with van der Waals surface area (Å²) in [6, 6.07) is 3.43. The Morgan fingerprint density at radius 3 is 2.78 bits per heavy atom. The van der Waals surface area contributed by atoms with Crippen LogP contribution in [0.5, 0.6) is 0 Å². The lowest BCUT2D eigenvalue weighted by Gasteiger charge is -2.35. The van der Waals surface area contributed by atoms with Crippen LogP contribution in [0, 0.1) is 0 Å². The van der Waals surface area contributed by atoms with Crippen LogP contribution < -0.4 is 5.73 Å². The molecule has 2 aromatic rings. The van der Waals surface area contributed by atoms with Crippen LogP contribution in [0.15, 0.2) is 18.5 Å². The van der Waals surface area contributed by atoms with E-state index < -0.39 is 53.2 Å². The molecule has 2 aromatic heterocycles. The molecule has 1 unspecified atom stereocenters. The van der Waals surface area contributed by atoms with Gasteiger partial charge in [0.15, 0.2) is 18.0 Å². The number of hydrogen-bond donors (Lipinski definition) is 1. The van der Waals surface area contributed by atoms with Gasteiger partial charge in [0.05, 0.1) is 11.3 Å². The molecule has 1 spiro atoms. The first-order valence-corrected chi connectivity index (χ1v) is 11.6. The molecule has 0 amide bonds. The van der Waals surface area contributed by atoms with Crippen molar-refractivity contribution in [1.82, 2.24) is 14.6 Å². The average Bonchev–Trinajstić information content (AvgIpc) is 3.13. The van der Waals surface area contributed by atoms with Crippen LogP contribution in [0.2, 0.25) is 0 Å². The number of carbonyl (C=O) groups is 3. The van der Waals surface area contributed by atoms with Crippen LogP contribution in [0.25, 0.3) is 5.52 Å². The highest BCUT2D eigenvalue weighted by Gasteiger charge is 2.87. The van der Waals surface area contributed by atoms with Gasteiger partial charge in [-0.25, -0.2) is 14.3 Å². The molecular formula is C23H28N4O9. The van der Waals surface area contributed by atoms with Crippen LogP contribution >= 0.6 is 0 Å². The molecular weight excluding hydrogens is 476 g/mol. The quantitative estimate of drug-likeness (QED) is 0.459. The molecule has 5 atom stereocenters. The van der Waals surface area contributed by atoms with E-state index in [0.717, 1.165) is 0 Å². The molecule has 0 radical (unpaired) electrons. The summed E-state index contributed by atoms with van der Waals surface area (Å²) in [7, 11) is 1.49. The molecule has 1 aliphatic carbocycles. The van der Waals surface area contributed by atoms with Crippen LogP contribution in [-0.4, -0.2) is 75.9 Å². The summed E-state index contributed by atoms with van der Waals surface area (Å²) in [5.74, 6) is -0.834. The van der Waals surface area contributed by atoms with E-state index in [-0.39, 0.29) is 31.7 Å². The Morgan fingerprint density at radius 1 is 1.28 bits per heavy atom. The predicted molar refractivity (Wildman–Crippen MR) is 119 cm³/mol. The SMILES string of the molecule is COC(C)(C)COC(=O)OC1[C@H]2O[C@@](C)(c3ccc4c(N)ncnn34)[C@@H]3OC(=O)CCCC(=O)O[C@]123. The lowest BCUT2D eigenvalue weighted by Crippen LogP contribution is -2.50. The molecule has 36 heavy (non-hydrogen) atoms. The largest absolute Gasteiger partial charge is 0.508 e. The Bertz CT molecular complexity index is 1230. The second-order valence-electron chi connectivity index (χ2n) is 9.90. The average molecular weight is 504 g/mol. The van der Waals surface area contributed by atoms with Crippen molar-refractivity contribution >= 4 is 29.4 Å². The Hall–Kier alpha value is -3.45. The van der Waals surface area contributed by atoms with E-state index in [1.54, 1.807) is 32.9 Å². The molecule has 1 saturated carbocycles. The Morgan fingerprint density at radius 2 is 2.03 bits per heavy atom. The maximum atomic E-state index is 12.7. The van der Waals surface area contributed by atoms with Gasteiger partial charge in [0.1, 0.15) is 30.2 Å². The van der Waals surface area contributed by atoms with Gasteiger partial charge in [-0.3, -0.25) is 9.59 Å². The predicted octanol–water partition coefficient (Wildman–Crippen LogP) is 1.26. The van der Waals surface area contributed by atoms with Crippen molar-refractivity contribution in [2.24, 2.45) is 0 Å². The molecule has 13 nitrogen and oxygen atoms in total. The fourth-order valence-corrected chi connectivity index (χ4v) is 4.83. The van der Waals surface area contributed by atoms with Gasteiger partial charge in [-0.15, -0.1) is 0 Å². The highest BCUT2D eigenvalue weighted by Crippen LogP contribution is 2.63. The normalized spacial score (nSPS) is 31.8. The smallest absolute Gasteiger partial charge is 0.454 e. The Labute approximate surface area is 206 Å². The number of rotatable bonds is 5. The topological polar surface area (TPSA) is 163 Å². The summed E-state index contributed by atoms with van der Waals surface area (Å²) in [5.41, 5.74) is 3.40. The number of carbonyl (C=O) groups excluding carboxylic acids is 3. The van der Waals surface area contributed by atoms with E-state index in [4.69, 9.17) is 34.2 Å². The van der Waals surface area contributed by atoms with Crippen molar-refractivity contribution in [3.63, 3.8) is 0 Å². The Balaban J connectivity index is 1.49. The van der Waals surface area contributed by atoms with Gasteiger partial charge in [0.25, 0.3) is 0 Å². The number of ether oxygens (including phenoxy) is 6. The number of fused-ring (bicyclic) bond motifs is 1. The molecule has 4 heterocycles. The number of esters is 2. The standard InChI is InChI=1S/C23H28N4O9/c1-21(2,31-4)10-32-20(30)34-16-17-23(16)19(33-14(28)6-5-7-15(29)35-23)22(3,36-17)13-9-8-12-18(24)25-11-26-27(12)13/h8-9,11,16-17,19H,5-7,10H2,1-4H3,(H2,24,25,26)/t16?,17-,19+,22+,23-/m1/s1. The molecule has 0 bridgehead atoms. The van der Waals surface area contributed by atoms with E-state index in [9.17, 15) is 14.4 Å². The summed E-state index contributed by atoms with van der Waals surface area (Å²) in [4.78, 5) is 41.9. The number of nitrogen functional groups attached to an aromatic ring is 1. The van der Waals surface area contributed by atoms with E-state index in [1.807, 2.05) is 0 Å². The van der Waals surface area contributed by atoms with Crippen molar-refractivity contribution in [3.8, 4) is 0 Å². The fourth-order valence-electron chi connectivity index (χ4n) is 4.83. The minimum atomic E-state index is -1.55. The van der Waals surface area contributed by atoms with E-state index >= 15 is 0 Å². The number of anilines is 1. The first-order valence-electron chi connectivity index (χ1n) is 11.6. The fraction of sp³-hybridized carbons (Fsp3) is 0.609. The molecule has 5 rings (SSSR count). The minimum absolute atomic E-state index is 0.00398. The zero-order valence-electron chi connectivity index (χ0n) is 20.4.